The van der Waals surface area contributed by atoms with Crippen molar-refractivity contribution in [3.63, 3.8) is 0 Å². The van der Waals surface area contributed by atoms with E-state index in [4.69, 9.17) is 0 Å². The highest BCUT2D eigenvalue weighted by molar-refractivity contribution is 5.62. The van der Waals surface area contributed by atoms with Crippen LogP contribution in [0.3, 0.4) is 0 Å². The van der Waals surface area contributed by atoms with E-state index >= 15 is 0 Å². The van der Waals surface area contributed by atoms with Gasteiger partial charge in [0, 0.05) is 24.9 Å². The lowest BCUT2D eigenvalue weighted by atomic mass is 10.1. The molecular formula is C14H16N4O3. The molecule has 0 spiro atoms. The lowest BCUT2D eigenvalue weighted by Gasteiger charge is -2.09. The van der Waals surface area contributed by atoms with Gasteiger partial charge in [0.15, 0.2) is 0 Å². The summed E-state index contributed by atoms with van der Waals surface area (Å²) in [6.45, 7) is 2.91. The van der Waals surface area contributed by atoms with Crippen molar-refractivity contribution < 1.29 is 4.92 Å². The molecule has 0 amide bonds. The van der Waals surface area contributed by atoms with Crippen LogP contribution in [0.2, 0.25) is 0 Å². The predicted octanol–water partition coefficient (Wildman–Crippen LogP) is 2.02. The summed E-state index contributed by atoms with van der Waals surface area (Å²) in [6, 6.07) is 7.77. The third-order valence-corrected chi connectivity index (χ3v) is 2.94. The Balaban J connectivity index is 2.31. The lowest BCUT2D eigenvalue weighted by Crippen LogP contribution is -2.21. The van der Waals surface area contributed by atoms with Gasteiger partial charge in [-0.25, -0.2) is 4.68 Å². The Morgan fingerprint density at radius 1 is 1.38 bits per heavy atom. The lowest BCUT2D eigenvalue weighted by molar-refractivity contribution is -0.384. The molecule has 21 heavy (non-hydrogen) atoms. The zero-order valence-corrected chi connectivity index (χ0v) is 11.7. The van der Waals surface area contributed by atoms with Crippen molar-refractivity contribution in [1.82, 2.24) is 9.78 Å². The molecule has 1 aromatic carbocycles. The number of aromatic nitrogens is 2. The summed E-state index contributed by atoms with van der Waals surface area (Å²) in [6.07, 6.45) is 2.39. The van der Waals surface area contributed by atoms with E-state index in [1.54, 1.807) is 18.2 Å². The van der Waals surface area contributed by atoms with Crippen molar-refractivity contribution in [3.05, 3.63) is 62.6 Å². The number of hydrogen-bond acceptors (Lipinski definition) is 5. The minimum absolute atomic E-state index is 0.0283. The third-order valence-electron chi connectivity index (χ3n) is 2.94. The standard InChI is InChI=1S/C14H16N4O3/c1-2-7-15-12-9-11(5-6-13(12)18(20)21)10-17-14(19)4-3-8-16-17/h3-6,8-9,15H,2,7,10H2,1H3. The van der Waals surface area contributed by atoms with Gasteiger partial charge in [-0.1, -0.05) is 13.0 Å². The first-order valence-electron chi connectivity index (χ1n) is 6.65. The first-order chi connectivity index (χ1) is 10.1. The Kier molecular flexibility index (Phi) is 4.65. The fraction of sp³-hybridized carbons (Fsp3) is 0.286. The Morgan fingerprint density at radius 3 is 2.86 bits per heavy atom. The molecule has 1 aromatic heterocycles. The quantitative estimate of drug-likeness (QED) is 0.648. The van der Waals surface area contributed by atoms with E-state index in [2.05, 4.69) is 10.4 Å². The Labute approximate surface area is 121 Å². The molecule has 1 heterocycles. The highest BCUT2D eigenvalue weighted by Crippen LogP contribution is 2.25. The number of nitrogens with one attached hydrogen (secondary N) is 1. The van der Waals surface area contributed by atoms with E-state index in [0.29, 0.717) is 12.2 Å². The maximum Gasteiger partial charge on any atom is 0.292 e. The molecule has 0 fully saturated rings. The van der Waals surface area contributed by atoms with E-state index in [1.165, 1.54) is 23.0 Å². The van der Waals surface area contributed by atoms with Crippen LogP contribution < -0.4 is 10.9 Å². The van der Waals surface area contributed by atoms with Gasteiger partial charge in [-0.3, -0.25) is 14.9 Å². The molecule has 7 nitrogen and oxygen atoms in total. The maximum absolute atomic E-state index is 11.6. The molecule has 0 aliphatic heterocycles. The first kappa shape index (κ1) is 14.7. The van der Waals surface area contributed by atoms with E-state index < -0.39 is 4.92 Å². The summed E-state index contributed by atoms with van der Waals surface area (Å²) in [5.41, 5.74) is 1.06. The van der Waals surface area contributed by atoms with Crippen molar-refractivity contribution in [2.45, 2.75) is 19.9 Å². The largest absolute Gasteiger partial charge is 0.379 e. The molecule has 0 unspecified atom stereocenters. The molecule has 7 heteroatoms. The Morgan fingerprint density at radius 2 is 2.19 bits per heavy atom. The van der Waals surface area contributed by atoms with Crippen LogP contribution in [0.25, 0.3) is 0 Å². The summed E-state index contributed by atoms with van der Waals surface area (Å²) in [5, 5.41) is 18.0. The van der Waals surface area contributed by atoms with Gasteiger partial charge >= 0.3 is 0 Å². The second-order valence-electron chi connectivity index (χ2n) is 4.55. The summed E-state index contributed by atoms with van der Waals surface area (Å²) in [4.78, 5) is 22.2. The number of rotatable bonds is 6. The van der Waals surface area contributed by atoms with E-state index in [1.807, 2.05) is 6.92 Å². The van der Waals surface area contributed by atoms with Crippen molar-refractivity contribution in [2.75, 3.05) is 11.9 Å². The molecule has 110 valence electrons. The van der Waals surface area contributed by atoms with E-state index in [-0.39, 0.29) is 17.8 Å². The smallest absolute Gasteiger partial charge is 0.292 e. The second kappa shape index (κ2) is 6.65. The van der Waals surface area contributed by atoms with Gasteiger partial charge in [0.1, 0.15) is 5.69 Å². The molecule has 1 N–H and O–H groups in total. The molecule has 0 saturated heterocycles. The topological polar surface area (TPSA) is 90.1 Å². The number of hydrogen-bond donors (Lipinski definition) is 1. The highest BCUT2D eigenvalue weighted by atomic mass is 16.6. The molecule has 0 aliphatic rings. The van der Waals surface area contributed by atoms with Crippen LogP contribution in [0.5, 0.6) is 0 Å². The number of nitro groups is 1. The summed E-state index contributed by atoms with van der Waals surface area (Å²) in [7, 11) is 0. The van der Waals surface area contributed by atoms with E-state index in [9.17, 15) is 14.9 Å². The first-order valence-corrected chi connectivity index (χ1v) is 6.65. The summed E-state index contributed by atoms with van der Waals surface area (Å²) in [5.74, 6) is 0. The van der Waals surface area contributed by atoms with Crippen LogP contribution in [-0.4, -0.2) is 21.2 Å². The van der Waals surface area contributed by atoms with Gasteiger partial charge in [0.2, 0.25) is 0 Å². The summed E-state index contributed by atoms with van der Waals surface area (Å²) < 4.78 is 1.31. The van der Waals surface area contributed by atoms with Crippen LogP contribution >= 0.6 is 0 Å². The molecular weight excluding hydrogens is 272 g/mol. The van der Waals surface area contributed by atoms with Crippen molar-refractivity contribution in [2.24, 2.45) is 0 Å². The predicted molar refractivity (Wildman–Crippen MR) is 79.5 cm³/mol. The zero-order chi connectivity index (χ0) is 15.2. The molecule has 2 rings (SSSR count). The summed E-state index contributed by atoms with van der Waals surface area (Å²) >= 11 is 0. The number of nitro benzene ring substituents is 1. The maximum atomic E-state index is 11.6. The van der Waals surface area contributed by atoms with Gasteiger partial charge in [0.25, 0.3) is 11.2 Å². The molecule has 2 aromatic rings. The van der Waals surface area contributed by atoms with E-state index in [0.717, 1.165) is 12.0 Å². The van der Waals surface area contributed by atoms with Crippen LogP contribution in [0.1, 0.15) is 18.9 Å². The average Bonchev–Trinajstić information content (AvgIpc) is 2.47. The molecule has 0 atom stereocenters. The SMILES string of the molecule is CCCNc1cc(Cn2ncccc2=O)ccc1[N+](=O)[O-]. The Bertz CT molecular complexity index is 697. The van der Waals surface area contributed by atoms with Gasteiger partial charge in [0.05, 0.1) is 11.5 Å². The van der Waals surface area contributed by atoms with Gasteiger partial charge in [-0.05, 0) is 24.1 Å². The molecule has 0 bridgehead atoms. The Hall–Kier alpha value is -2.70. The van der Waals surface area contributed by atoms with Crippen molar-refractivity contribution in [1.29, 1.82) is 0 Å². The van der Waals surface area contributed by atoms with Crippen molar-refractivity contribution >= 4 is 11.4 Å². The number of benzene rings is 1. The zero-order valence-electron chi connectivity index (χ0n) is 11.7. The van der Waals surface area contributed by atoms with Gasteiger partial charge in [-0.2, -0.15) is 5.10 Å². The minimum atomic E-state index is -0.422. The fourth-order valence-corrected chi connectivity index (χ4v) is 1.92. The number of nitrogens with zero attached hydrogens (tertiary/aromatic N) is 3. The molecule has 0 aliphatic carbocycles. The van der Waals surface area contributed by atoms with Crippen LogP contribution in [0, 0.1) is 10.1 Å². The third kappa shape index (κ3) is 3.65. The van der Waals surface area contributed by atoms with Crippen LogP contribution in [0.4, 0.5) is 11.4 Å². The van der Waals surface area contributed by atoms with Gasteiger partial charge < -0.3 is 5.32 Å². The highest BCUT2D eigenvalue weighted by Gasteiger charge is 2.14. The monoisotopic (exact) mass is 288 g/mol. The van der Waals surface area contributed by atoms with Gasteiger partial charge in [-0.15, -0.1) is 0 Å². The van der Waals surface area contributed by atoms with Crippen LogP contribution in [0.15, 0.2) is 41.3 Å². The average molecular weight is 288 g/mol. The van der Waals surface area contributed by atoms with Crippen LogP contribution in [-0.2, 0) is 6.54 Å². The fourth-order valence-electron chi connectivity index (χ4n) is 1.92. The molecule has 0 saturated carbocycles. The number of anilines is 1. The second-order valence-corrected chi connectivity index (χ2v) is 4.55. The molecule has 0 radical (unpaired) electrons. The normalized spacial score (nSPS) is 10.3. The van der Waals surface area contributed by atoms with Crippen molar-refractivity contribution in [3.8, 4) is 0 Å². The minimum Gasteiger partial charge on any atom is -0.379 e.